The highest BCUT2D eigenvalue weighted by atomic mass is 15.0. The van der Waals surface area contributed by atoms with Gasteiger partial charge in [0.2, 0.25) is 0 Å². The summed E-state index contributed by atoms with van der Waals surface area (Å²) in [4.78, 5) is 0. The lowest BCUT2D eigenvalue weighted by Gasteiger charge is -2.21. The Balaban J connectivity index is 2.87. The summed E-state index contributed by atoms with van der Waals surface area (Å²) >= 11 is 0. The van der Waals surface area contributed by atoms with Gasteiger partial charge in [-0.15, -0.1) is 0 Å². The van der Waals surface area contributed by atoms with Crippen molar-refractivity contribution in [3.8, 4) is 0 Å². The molecule has 0 aliphatic carbocycles. The Morgan fingerprint density at radius 3 is 2.38 bits per heavy atom. The van der Waals surface area contributed by atoms with Gasteiger partial charge in [-0.2, -0.15) is 0 Å². The van der Waals surface area contributed by atoms with E-state index in [-0.39, 0.29) is 5.54 Å². The van der Waals surface area contributed by atoms with Gasteiger partial charge in [-0.1, -0.05) is 0 Å². The van der Waals surface area contributed by atoms with Gasteiger partial charge in [0.1, 0.15) is 0 Å². The molecule has 1 atom stereocenters. The van der Waals surface area contributed by atoms with Crippen molar-refractivity contribution in [1.29, 1.82) is 0 Å². The van der Waals surface area contributed by atoms with Crippen LogP contribution in [0.5, 0.6) is 0 Å². The molecule has 1 heterocycles. The predicted molar refractivity (Wildman–Crippen MR) is 56.9 cm³/mol. The molecule has 0 spiro atoms. The highest BCUT2D eigenvalue weighted by molar-refractivity contribution is 5.15. The average molecular weight is 180 g/mol. The Hall–Kier alpha value is -0.760. The van der Waals surface area contributed by atoms with Crippen molar-refractivity contribution in [1.82, 2.24) is 9.88 Å². The summed E-state index contributed by atoms with van der Waals surface area (Å²) in [5.74, 6) is 0. The van der Waals surface area contributed by atoms with Gasteiger partial charge in [0.25, 0.3) is 0 Å². The van der Waals surface area contributed by atoms with Crippen molar-refractivity contribution < 1.29 is 0 Å². The minimum atomic E-state index is 0.186. The lowest BCUT2D eigenvalue weighted by molar-refractivity contribution is 0.397. The first-order valence-corrected chi connectivity index (χ1v) is 4.81. The smallest absolute Gasteiger partial charge is 0.0355 e. The van der Waals surface area contributed by atoms with Crippen molar-refractivity contribution in [2.45, 2.75) is 39.3 Å². The van der Waals surface area contributed by atoms with Crippen LogP contribution in [0.3, 0.4) is 0 Å². The number of hydrogen-bond donors (Lipinski definition) is 1. The maximum Gasteiger partial charge on any atom is 0.0355 e. The van der Waals surface area contributed by atoms with Crippen LogP contribution < -0.4 is 5.32 Å². The van der Waals surface area contributed by atoms with Crippen molar-refractivity contribution in [3.63, 3.8) is 0 Å². The Labute approximate surface area is 81.0 Å². The third-order valence-corrected chi connectivity index (χ3v) is 2.42. The molecule has 0 aromatic carbocycles. The van der Waals surface area contributed by atoms with Gasteiger partial charge in [-0.05, 0) is 46.4 Å². The monoisotopic (exact) mass is 180 g/mol. The molecule has 0 saturated carbocycles. The van der Waals surface area contributed by atoms with Crippen molar-refractivity contribution in [2.75, 3.05) is 7.05 Å². The van der Waals surface area contributed by atoms with Crippen molar-refractivity contribution >= 4 is 0 Å². The summed E-state index contributed by atoms with van der Waals surface area (Å²) in [5.41, 5.74) is 1.53. The highest BCUT2D eigenvalue weighted by Crippen LogP contribution is 2.19. The van der Waals surface area contributed by atoms with E-state index in [1.807, 2.05) is 7.05 Å². The number of nitrogens with one attached hydrogen (secondary N) is 1. The van der Waals surface area contributed by atoms with Gasteiger partial charge in [0.15, 0.2) is 0 Å². The van der Waals surface area contributed by atoms with Crippen LogP contribution in [0.1, 0.15) is 39.3 Å². The second kappa shape index (κ2) is 3.54. The van der Waals surface area contributed by atoms with Gasteiger partial charge in [0.05, 0.1) is 0 Å². The minimum Gasteiger partial charge on any atom is -0.349 e. The van der Waals surface area contributed by atoms with Gasteiger partial charge >= 0.3 is 0 Å². The Morgan fingerprint density at radius 2 is 2.00 bits per heavy atom. The molecule has 1 aromatic rings. The van der Waals surface area contributed by atoms with E-state index in [4.69, 9.17) is 0 Å². The zero-order chi connectivity index (χ0) is 10.1. The molecule has 74 valence electrons. The summed E-state index contributed by atoms with van der Waals surface area (Å²) < 4.78 is 2.25. The van der Waals surface area contributed by atoms with E-state index in [2.05, 4.69) is 56.0 Å². The van der Waals surface area contributed by atoms with Gasteiger partial charge in [0, 0.05) is 24.0 Å². The quantitative estimate of drug-likeness (QED) is 0.740. The first kappa shape index (κ1) is 10.3. The van der Waals surface area contributed by atoms with Crippen LogP contribution in [0.15, 0.2) is 18.5 Å². The van der Waals surface area contributed by atoms with E-state index in [9.17, 15) is 0 Å². The summed E-state index contributed by atoms with van der Waals surface area (Å²) in [6.07, 6.45) is 4.35. The van der Waals surface area contributed by atoms with Crippen LogP contribution in [-0.2, 0) is 5.54 Å². The van der Waals surface area contributed by atoms with E-state index in [0.717, 1.165) is 0 Å². The first-order chi connectivity index (χ1) is 5.95. The highest BCUT2D eigenvalue weighted by Gasteiger charge is 2.13. The van der Waals surface area contributed by atoms with Crippen LogP contribution in [0.2, 0.25) is 0 Å². The van der Waals surface area contributed by atoms with Gasteiger partial charge in [-0.3, -0.25) is 0 Å². The second-order valence-electron chi connectivity index (χ2n) is 4.53. The van der Waals surface area contributed by atoms with E-state index in [0.29, 0.717) is 6.04 Å². The fourth-order valence-electron chi connectivity index (χ4n) is 1.25. The fourth-order valence-corrected chi connectivity index (χ4v) is 1.25. The maximum absolute atomic E-state index is 3.23. The summed E-state index contributed by atoms with van der Waals surface area (Å²) in [6, 6.07) is 2.61. The van der Waals surface area contributed by atoms with E-state index < -0.39 is 0 Å². The zero-order valence-electron chi connectivity index (χ0n) is 9.26. The molecule has 0 unspecified atom stereocenters. The van der Waals surface area contributed by atoms with E-state index >= 15 is 0 Å². The summed E-state index contributed by atoms with van der Waals surface area (Å²) in [7, 11) is 1.99. The minimum absolute atomic E-state index is 0.186. The molecule has 13 heavy (non-hydrogen) atoms. The lowest BCUT2D eigenvalue weighted by Crippen LogP contribution is -2.20. The molecule has 1 N–H and O–H groups in total. The number of nitrogens with zero attached hydrogens (tertiary/aromatic N) is 1. The SMILES string of the molecule is CN[C@H](C)c1ccn(C(C)(C)C)c1. The van der Waals surface area contributed by atoms with Gasteiger partial charge in [-0.25, -0.2) is 0 Å². The van der Waals surface area contributed by atoms with E-state index in [1.165, 1.54) is 5.56 Å². The Morgan fingerprint density at radius 1 is 1.38 bits per heavy atom. The molecule has 0 radical (unpaired) electrons. The summed E-state index contributed by atoms with van der Waals surface area (Å²) in [6.45, 7) is 8.80. The molecule has 0 fully saturated rings. The van der Waals surface area contributed by atoms with Crippen LogP contribution >= 0.6 is 0 Å². The predicted octanol–water partition coefficient (Wildman–Crippen LogP) is 2.52. The maximum atomic E-state index is 3.23. The molecule has 2 nitrogen and oxygen atoms in total. The average Bonchev–Trinajstić information content (AvgIpc) is 2.50. The van der Waals surface area contributed by atoms with Crippen molar-refractivity contribution in [2.24, 2.45) is 0 Å². The van der Waals surface area contributed by atoms with Crippen LogP contribution in [-0.4, -0.2) is 11.6 Å². The standard InChI is InChI=1S/C11H20N2/c1-9(12-5)10-6-7-13(8-10)11(2,3)4/h6-9,12H,1-5H3/t9-/m1/s1. The van der Waals surface area contributed by atoms with Gasteiger partial charge < -0.3 is 9.88 Å². The second-order valence-corrected chi connectivity index (χ2v) is 4.53. The zero-order valence-corrected chi connectivity index (χ0v) is 9.26. The first-order valence-electron chi connectivity index (χ1n) is 4.81. The Bertz CT molecular complexity index is 268. The Kier molecular flexibility index (Phi) is 2.81. The van der Waals surface area contributed by atoms with Crippen molar-refractivity contribution in [3.05, 3.63) is 24.0 Å². The van der Waals surface area contributed by atoms with E-state index in [1.54, 1.807) is 0 Å². The molecule has 0 aliphatic rings. The lowest BCUT2D eigenvalue weighted by atomic mass is 10.1. The molecule has 0 bridgehead atoms. The number of hydrogen-bond acceptors (Lipinski definition) is 1. The third kappa shape index (κ3) is 2.34. The molecule has 1 rings (SSSR count). The molecule has 2 heteroatoms. The van der Waals surface area contributed by atoms with Crippen LogP contribution in [0.4, 0.5) is 0 Å². The molecular formula is C11H20N2. The van der Waals surface area contributed by atoms with Crippen LogP contribution in [0, 0.1) is 0 Å². The van der Waals surface area contributed by atoms with Crippen LogP contribution in [0.25, 0.3) is 0 Å². The third-order valence-electron chi connectivity index (χ3n) is 2.42. The normalized spacial score (nSPS) is 14.5. The summed E-state index contributed by atoms with van der Waals surface area (Å²) in [5, 5.41) is 3.23. The molecular weight excluding hydrogens is 160 g/mol. The topological polar surface area (TPSA) is 17.0 Å². The molecule has 0 amide bonds. The molecule has 1 aromatic heterocycles. The largest absolute Gasteiger partial charge is 0.349 e. The fraction of sp³-hybridized carbons (Fsp3) is 0.636. The number of aromatic nitrogens is 1. The molecule has 0 saturated heterocycles. The molecule has 0 aliphatic heterocycles. The number of rotatable bonds is 2.